The van der Waals surface area contributed by atoms with Gasteiger partial charge in [-0.25, -0.2) is 0 Å². The van der Waals surface area contributed by atoms with Crippen LogP contribution in [0.15, 0.2) is 443 Å². The molecule has 700 valence electrons. The lowest BCUT2D eigenvalue weighted by Gasteiger charge is -2.61. The van der Waals surface area contributed by atoms with Crippen molar-refractivity contribution in [2.75, 3.05) is 14.7 Å². The summed E-state index contributed by atoms with van der Waals surface area (Å²) in [6.07, 6.45) is 21.2. The highest BCUT2D eigenvalue weighted by atomic mass is 15.2. The number of hydrogen-bond acceptors (Lipinski definition) is 3. The van der Waals surface area contributed by atoms with E-state index in [0.717, 1.165) is 71.0 Å². The van der Waals surface area contributed by atoms with Crippen LogP contribution in [0.2, 0.25) is 0 Å². The molecule has 0 aliphatic heterocycles. The van der Waals surface area contributed by atoms with Crippen LogP contribution >= 0.6 is 0 Å². The number of nitrogens with zero attached hydrogens (tertiary/aromatic N) is 3. The minimum atomic E-state index is -0.0334. The standard InChI is InChI=1S/C52H43N.C46H39N.C43H39N/c1-3-9-37(10-4-1)39-15-17-40(18-16-39)42-21-25-46(26-22-42)53(45-23-19-41(20-24-45)38-11-5-2-6-12-38)47-27-28-49-48-13-7-8-14-50(48)52(51(49)34-47)43-30-35-29-36(32-43)33-44(52)31-35;1-3-9-33(10-4-1)35-15-19-39(20-16-35)47(40-21-17-36(18-22-40)34-11-5-2-6-12-34)41-23-24-43-42-13-7-8-14-44(42)46(45(43)30-41)37-26-31-25-32(28-37)29-38(46)27-31;1-42(2)38-14-8-6-12-34(38)36-18-16-32(25-40(36)42)44(31-10-4-3-5-11-31)33-17-19-37-35-13-7-9-15-39(35)43(41(37)26-33)29-21-27-20-28(23-29)24-30(43)22-27/h1-28,34-36,43-44H,29-33H2;1-24,30-32,37-38H,25-29H2;3-19,25-30H,20-24H2,1-2H3. The van der Waals surface area contributed by atoms with E-state index in [2.05, 4.69) is 471 Å². The van der Waals surface area contributed by atoms with Crippen molar-refractivity contribution in [2.24, 2.45) is 71.0 Å². The van der Waals surface area contributed by atoms with Gasteiger partial charge in [0.2, 0.25) is 0 Å². The Morgan fingerprint density at radius 2 is 0.319 bits per heavy atom. The highest BCUT2D eigenvalue weighted by Gasteiger charge is 2.65. The molecule has 0 amide bonds. The van der Waals surface area contributed by atoms with Crippen LogP contribution in [0.1, 0.15) is 155 Å². The Balaban J connectivity index is 0.000000103. The lowest BCUT2D eigenvalue weighted by Crippen LogP contribution is -2.55. The Labute approximate surface area is 850 Å². The third-order valence-electron chi connectivity index (χ3n) is 38.4. The zero-order valence-corrected chi connectivity index (χ0v) is 82.5. The van der Waals surface area contributed by atoms with Gasteiger partial charge in [0.1, 0.15) is 0 Å². The van der Waals surface area contributed by atoms with Gasteiger partial charge in [-0.2, -0.15) is 0 Å². The fourth-order valence-corrected chi connectivity index (χ4v) is 33.2. The maximum absolute atomic E-state index is 2.62. The second-order valence-electron chi connectivity index (χ2n) is 45.8. The van der Waals surface area contributed by atoms with Gasteiger partial charge in [-0.05, 0) is 421 Å². The quantitative estimate of drug-likeness (QED) is 0.107. The molecule has 0 unspecified atom stereocenters. The van der Waals surface area contributed by atoms with Gasteiger partial charge in [-0.1, -0.05) is 347 Å². The summed E-state index contributed by atoms with van der Waals surface area (Å²) in [6.45, 7) is 4.77. The van der Waals surface area contributed by atoms with Crippen molar-refractivity contribution in [3.8, 4) is 100 Å². The Hall–Kier alpha value is -14.6. The molecule has 34 rings (SSSR count). The van der Waals surface area contributed by atoms with E-state index in [0.29, 0.717) is 0 Å². The van der Waals surface area contributed by atoms with Gasteiger partial charge in [0.15, 0.2) is 0 Å². The minimum absolute atomic E-state index is 0.0334. The molecule has 0 heterocycles. The molecule has 0 N–H and O–H groups in total. The molecule has 12 bridgehead atoms. The highest BCUT2D eigenvalue weighted by Crippen LogP contribution is 2.74. The number of benzene rings is 18. The first-order valence-corrected chi connectivity index (χ1v) is 54.2. The van der Waals surface area contributed by atoms with Crippen LogP contribution in [-0.2, 0) is 21.7 Å². The summed E-state index contributed by atoms with van der Waals surface area (Å²) in [7, 11) is 0. The van der Waals surface area contributed by atoms with Gasteiger partial charge in [0.05, 0.1) is 0 Å². The van der Waals surface area contributed by atoms with Crippen LogP contribution in [0, 0.1) is 71.0 Å². The Morgan fingerprint density at radius 1 is 0.146 bits per heavy atom. The molecular formula is C141H121N3. The zero-order chi connectivity index (χ0) is 95.1. The first-order valence-electron chi connectivity index (χ1n) is 54.2. The predicted molar refractivity (Wildman–Crippen MR) is 598 cm³/mol. The summed E-state index contributed by atoms with van der Waals surface area (Å²) >= 11 is 0. The molecular weight excluding hydrogens is 1740 g/mol. The molecule has 3 spiro atoms. The molecule has 16 aliphatic rings. The van der Waals surface area contributed by atoms with Crippen molar-refractivity contribution < 1.29 is 0 Å². The van der Waals surface area contributed by atoms with Crippen molar-refractivity contribution in [1.82, 2.24) is 0 Å². The SMILES string of the molecule is CC1(C)c2ccccc2-c2ccc(N(c3ccccc3)c3ccc4c(c3)C3(c5ccccc5-4)C4CC5CC(C4)CC3C5)cc21.c1ccc(-c2ccc(-c3ccc(N(c4ccc(-c5ccccc5)cc4)c4ccc5c(c4)C4(c6ccccc6-5)C5CC6CC(C5)CC4C6)cc3)cc2)cc1.c1ccc(-c2ccc(N(c3ccc(-c4ccccc4)cc3)c3ccc4c(c3)C3(c5ccccc5-4)C4CC5CC(C4)CC3C5)cc2)cc1. The summed E-state index contributed by atoms with van der Waals surface area (Å²) in [4.78, 5) is 7.49. The van der Waals surface area contributed by atoms with Crippen LogP contribution < -0.4 is 14.7 Å². The summed E-state index contributed by atoms with van der Waals surface area (Å²) in [5, 5.41) is 0. The number of rotatable bonds is 14. The van der Waals surface area contributed by atoms with Crippen molar-refractivity contribution in [3.05, 3.63) is 487 Å². The van der Waals surface area contributed by atoms with E-state index in [1.54, 1.807) is 33.4 Å². The normalized spacial score (nSPS) is 25.0. The molecule has 18 aromatic rings. The van der Waals surface area contributed by atoms with E-state index in [1.165, 1.54) is 259 Å². The van der Waals surface area contributed by atoms with Crippen LogP contribution in [0.4, 0.5) is 51.2 Å². The van der Waals surface area contributed by atoms with E-state index >= 15 is 0 Å². The molecule has 18 aromatic carbocycles. The average Bonchev–Trinajstić information content (AvgIpc) is 1.50. The maximum Gasteiger partial charge on any atom is 0.0465 e. The van der Waals surface area contributed by atoms with E-state index in [-0.39, 0.29) is 21.7 Å². The number of para-hydroxylation sites is 1. The summed E-state index contributed by atoms with van der Waals surface area (Å²) in [5.74, 6) is 10.1. The lowest BCUT2D eigenvalue weighted by atomic mass is 9.43. The van der Waals surface area contributed by atoms with E-state index in [1.807, 2.05) is 0 Å². The number of fused-ring (bicyclic) bond motifs is 12. The van der Waals surface area contributed by atoms with Gasteiger partial charge in [-0.3, -0.25) is 0 Å². The smallest absolute Gasteiger partial charge is 0.0465 e. The van der Waals surface area contributed by atoms with Gasteiger partial charge < -0.3 is 14.7 Å². The molecule has 0 aromatic heterocycles. The second-order valence-corrected chi connectivity index (χ2v) is 45.8. The van der Waals surface area contributed by atoms with Crippen LogP contribution in [0.25, 0.3) is 100 Å². The van der Waals surface area contributed by atoms with Gasteiger partial charge in [0.25, 0.3) is 0 Å². The third-order valence-corrected chi connectivity index (χ3v) is 38.4. The van der Waals surface area contributed by atoms with Crippen LogP contribution in [0.5, 0.6) is 0 Å². The predicted octanol–water partition coefficient (Wildman–Crippen LogP) is 37.3. The lowest BCUT2D eigenvalue weighted by molar-refractivity contribution is -0.0399. The van der Waals surface area contributed by atoms with E-state index in [9.17, 15) is 0 Å². The topological polar surface area (TPSA) is 9.72 Å². The number of anilines is 9. The fourth-order valence-electron chi connectivity index (χ4n) is 33.2. The Bertz CT molecular complexity index is 7790. The second kappa shape index (κ2) is 34.0. The van der Waals surface area contributed by atoms with Crippen molar-refractivity contribution in [3.63, 3.8) is 0 Å². The fraction of sp³-hybridized carbons (Fsp3) is 0.234. The molecule has 0 atom stereocenters. The minimum Gasteiger partial charge on any atom is -0.310 e. The first-order chi connectivity index (χ1) is 71.0. The Kier molecular flexibility index (Phi) is 20.3. The molecule has 3 heteroatoms. The molecule has 12 fully saturated rings. The largest absolute Gasteiger partial charge is 0.310 e. The van der Waals surface area contributed by atoms with Crippen molar-refractivity contribution in [1.29, 1.82) is 0 Å². The monoisotopic (exact) mass is 1860 g/mol. The first kappa shape index (κ1) is 86.1. The molecule has 0 radical (unpaired) electrons. The van der Waals surface area contributed by atoms with Gasteiger partial charge >= 0.3 is 0 Å². The van der Waals surface area contributed by atoms with Crippen LogP contribution in [-0.4, -0.2) is 0 Å². The average molecular weight is 1860 g/mol. The molecule has 16 aliphatic carbocycles. The van der Waals surface area contributed by atoms with Gasteiger partial charge in [-0.15, -0.1) is 0 Å². The van der Waals surface area contributed by atoms with Gasteiger partial charge in [0, 0.05) is 72.8 Å². The summed E-state index contributed by atoms with van der Waals surface area (Å²) in [6, 6.07) is 166. The number of hydrogen-bond donors (Lipinski definition) is 0. The third kappa shape index (κ3) is 13.6. The summed E-state index contributed by atoms with van der Waals surface area (Å²) in [5.41, 5.74) is 47.9. The zero-order valence-electron chi connectivity index (χ0n) is 82.5. The van der Waals surface area contributed by atoms with Crippen LogP contribution in [0.3, 0.4) is 0 Å². The van der Waals surface area contributed by atoms with E-state index in [4.69, 9.17) is 0 Å². The molecule has 3 nitrogen and oxygen atoms in total. The maximum atomic E-state index is 2.62. The van der Waals surface area contributed by atoms with Crippen molar-refractivity contribution in [2.45, 2.75) is 132 Å². The Morgan fingerprint density at radius 3 is 0.583 bits per heavy atom. The van der Waals surface area contributed by atoms with E-state index < -0.39 is 0 Å². The molecule has 144 heavy (non-hydrogen) atoms. The molecule has 12 saturated carbocycles. The summed E-state index contributed by atoms with van der Waals surface area (Å²) < 4.78 is 0. The van der Waals surface area contributed by atoms with Crippen molar-refractivity contribution >= 4 is 51.2 Å². The molecule has 0 saturated heterocycles. The highest BCUT2D eigenvalue weighted by molar-refractivity contribution is 5.93.